The Bertz CT molecular complexity index is 503. The second-order valence-corrected chi connectivity index (χ2v) is 6.16. The monoisotopic (exact) mass is 342 g/mol. The van der Waals surface area contributed by atoms with Gasteiger partial charge in [-0.3, -0.25) is 9.59 Å². The molecule has 0 aliphatic rings. The molecule has 0 saturated heterocycles. The van der Waals surface area contributed by atoms with Gasteiger partial charge in [-0.15, -0.1) is 0 Å². The van der Waals surface area contributed by atoms with E-state index in [0.717, 1.165) is 11.1 Å². The Kier molecular flexibility index (Phi) is 5.74. The van der Waals surface area contributed by atoms with Gasteiger partial charge in [-0.1, -0.05) is 22.0 Å². The first-order valence-corrected chi connectivity index (χ1v) is 7.48. The minimum Gasteiger partial charge on any atom is -0.481 e. The first kappa shape index (κ1) is 16.7. The number of alkyl halides is 1. The number of carbonyl (C=O) groups excluding carboxylic acids is 1. The molecule has 0 aliphatic heterocycles. The summed E-state index contributed by atoms with van der Waals surface area (Å²) in [5.41, 5.74) is 1.32. The highest BCUT2D eigenvalue weighted by atomic mass is 79.9. The van der Waals surface area contributed by atoms with E-state index in [0.29, 0.717) is 17.5 Å². The van der Waals surface area contributed by atoms with E-state index >= 15 is 0 Å². The van der Waals surface area contributed by atoms with E-state index in [1.807, 2.05) is 6.07 Å². The lowest BCUT2D eigenvalue weighted by atomic mass is 9.97. The fourth-order valence-electron chi connectivity index (χ4n) is 1.54. The SMILES string of the molecule is CC(C)(C)C(=O)Oc1ccc(CCC(=O)O)c(CBr)c1. The van der Waals surface area contributed by atoms with Crippen LogP contribution in [0.4, 0.5) is 0 Å². The number of hydrogen-bond acceptors (Lipinski definition) is 3. The predicted octanol–water partition coefficient (Wildman–Crippen LogP) is 3.55. The molecule has 0 amide bonds. The maximum absolute atomic E-state index is 11.8. The maximum atomic E-state index is 11.8. The quantitative estimate of drug-likeness (QED) is 0.505. The topological polar surface area (TPSA) is 63.6 Å². The third-order valence-electron chi connectivity index (χ3n) is 2.75. The molecule has 4 nitrogen and oxygen atoms in total. The van der Waals surface area contributed by atoms with Gasteiger partial charge in [-0.05, 0) is 50.5 Å². The molecule has 1 rings (SSSR count). The highest BCUT2D eigenvalue weighted by molar-refractivity contribution is 9.08. The Morgan fingerprint density at radius 2 is 1.90 bits per heavy atom. The van der Waals surface area contributed by atoms with Gasteiger partial charge < -0.3 is 9.84 Å². The average Bonchev–Trinajstić information content (AvgIpc) is 2.35. The molecule has 0 atom stereocenters. The Hall–Kier alpha value is -1.36. The van der Waals surface area contributed by atoms with Crippen LogP contribution in [-0.4, -0.2) is 17.0 Å². The molecule has 1 N–H and O–H groups in total. The molecule has 0 spiro atoms. The number of aryl methyl sites for hydroxylation is 1. The van der Waals surface area contributed by atoms with Crippen molar-refractivity contribution in [1.82, 2.24) is 0 Å². The van der Waals surface area contributed by atoms with Crippen LogP contribution in [0.2, 0.25) is 0 Å². The van der Waals surface area contributed by atoms with Crippen LogP contribution in [0.5, 0.6) is 5.75 Å². The van der Waals surface area contributed by atoms with Crippen molar-refractivity contribution in [1.29, 1.82) is 0 Å². The van der Waals surface area contributed by atoms with E-state index in [2.05, 4.69) is 15.9 Å². The normalized spacial score (nSPS) is 11.2. The minimum absolute atomic E-state index is 0.0844. The lowest BCUT2D eigenvalue weighted by molar-refractivity contribution is -0.143. The summed E-state index contributed by atoms with van der Waals surface area (Å²) in [7, 11) is 0. The molecule has 0 fully saturated rings. The predicted molar refractivity (Wildman–Crippen MR) is 80.1 cm³/mol. The first-order valence-electron chi connectivity index (χ1n) is 6.36. The van der Waals surface area contributed by atoms with Crippen LogP contribution >= 0.6 is 15.9 Å². The Balaban J connectivity index is 2.87. The molecule has 110 valence electrons. The van der Waals surface area contributed by atoms with Crippen molar-refractivity contribution in [3.63, 3.8) is 0 Å². The molecular formula is C15H19BrO4. The summed E-state index contributed by atoms with van der Waals surface area (Å²) >= 11 is 3.37. The van der Waals surface area contributed by atoms with Crippen LogP contribution in [0.1, 0.15) is 38.3 Å². The third-order valence-corrected chi connectivity index (χ3v) is 3.36. The molecule has 1 aromatic rings. The van der Waals surface area contributed by atoms with Crippen LogP contribution in [0.15, 0.2) is 18.2 Å². The second kappa shape index (κ2) is 6.88. The summed E-state index contributed by atoms with van der Waals surface area (Å²) < 4.78 is 5.33. The Morgan fingerprint density at radius 1 is 1.25 bits per heavy atom. The summed E-state index contributed by atoms with van der Waals surface area (Å²) in [5, 5.41) is 9.31. The summed E-state index contributed by atoms with van der Waals surface area (Å²) in [6.07, 6.45) is 0.547. The Morgan fingerprint density at radius 3 is 2.40 bits per heavy atom. The van der Waals surface area contributed by atoms with E-state index in [1.54, 1.807) is 32.9 Å². The molecule has 0 heterocycles. The van der Waals surface area contributed by atoms with Crippen molar-refractivity contribution in [3.8, 4) is 5.75 Å². The van der Waals surface area contributed by atoms with Gasteiger partial charge in [0.2, 0.25) is 0 Å². The lowest BCUT2D eigenvalue weighted by Crippen LogP contribution is -2.25. The van der Waals surface area contributed by atoms with Gasteiger partial charge in [0.05, 0.1) is 5.41 Å². The zero-order chi connectivity index (χ0) is 15.3. The van der Waals surface area contributed by atoms with Gasteiger partial charge in [0, 0.05) is 11.8 Å². The molecule has 20 heavy (non-hydrogen) atoms. The number of halogens is 1. The van der Waals surface area contributed by atoms with Gasteiger partial charge >= 0.3 is 11.9 Å². The molecule has 0 aromatic heterocycles. The van der Waals surface area contributed by atoms with E-state index in [1.165, 1.54) is 0 Å². The van der Waals surface area contributed by atoms with Gasteiger partial charge in [0.1, 0.15) is 5.75 Å². The van der Waals surface area contributed by atoms with Gasteiger partial charge in [0.15, 0.2) is 0 Å². The molecule has 0 saturated carbocycles. The minimum atomic E-state index is -0.825. The van der Waals surface area contributed by atoms with Crippen molar-refractivity contribution >= 4 is 27.9 Å². The van der Waals surface area contributed by atoms with Crippen LogP contribution in [0.3, 0.4) is 0 Å². The van der Waals surface area contributed by atoms with E-state index in [9.17, 15) is 9.59 Å². The van der Waals surface area contributed by atoms with Crippen molar-refractivity contribution in [2.75, 3.05) is 0 Å². The number of aliphatic carboxylic acids is 1. The zero-order valence-electron chi connectivity index (χ0n) is 11.9. The average molecular weight is 343 g/mol. The molecule has 0 bridgehead atoms. The zero-order valence-corrected chi connectivity index (χ0v) is 13.5. The largest absolute Gasteiger partial charge is 0.481 e. The number of hydrogen-bond donors (Lipinski definition) is 1. The highest BCUT2D eigenvalue weighted by Gasteiger charge is 2.23. The van der Waals surface area contributed by atoms with Crippen molar-refractivity contribution in [2.24, 2.45) is 5.41 Å². The molecule has 0 unspecified atom stereocenters. The van der Waals surface area contributed by atoms with Gasteiger partial charge in [0.25, 0.3) is 0 Å². The fraction of sp³-hybridized carbons (Fsp3) is 0.467. The molecule has 1 aromatic carbocycles. The first-order chi connectivity index (χ1) is 9.24. The number of rotatable bonds is 5. The number of esters is 1. The van der Waals surface area contributed by atoms with Crippen LogP contribution < -0.4 is 4.74 Å². The smallest absolute Gasteiger partial charge is 0.316 e. The molecule has 5 heteroatoms. The van der Waals surface area contributed by atoms with Crippen LogP contribution in [-0.2, 0) is 21.3 Å². The molecule has 0 aliphatic carbocycles. The summed E-state index contributed by atoms with van der Waals surface area (Å²) in [6, 6.07) is 5.29. The summed E-state index contributed by atoms with van der Waals surface area (Å²) in [6.45, 7) is 5.38. The van der Waals surface area contributed by atoms with Crippen molar-refractivity contribution < 1.29 is 19.4 Å². The lowest BCUT2D eigenvalue weighted by Gasteiger charge is -2.17. The maximum Gasteiger partial charge on any atom is 0.316 e. The van der Waals surface area contributed by atoms with Crippen LogP contribution in [0, 0.1) is 5.41 Å². The molecule has 0 radical (unpaired) electrons. The van der Waals surface area contributed by atoms with Gasteiger partial charge in [-0.2, -0.15) is 0 Å². The number of carboxylic acids is 1. The number of carboxylic acid groups (broad SMARTS) is 1. The highest BCUT2D eigenvalue weighted by Crippen LogP contribution is 2.24. The number of ether oxygens (including phenoxy) is 1. The van der Waals surface area contributed by atoms with Gasteiger partial charge in [-0.25, -0.2) is 0 Å². The summed E-state index contributed by atoms with van der Waals surface area (Å²) in [5.74, 6) is -0.636. The third kappa shape index (κ3) is 4.96. The van der Waals surface area contributed by atoms with E-state index in [-0.39, 0.29) is 12.4 Å². The van der Waals surface area contributed by atoms with Crippen molar-refractivity contribution in [3.05, 3.63) is 29.3 Å². The van der Waals surface area contributed by atoms with E-state index in [4.69, 9.17) is 9.84 Å². The second-order valence-electron chi connectivity index (χ2n) is 5.60. The number of carbonyl (C=O) groups is 2. The van der Waals surface area contributed by atoms with Crippen molar-refractivity contribution in [2.45, 2.75) is 38.9 Å². The fourth-order valence-corrected chi connectivity index (χ4v) is 2.06. The Labute approximate surface area is 127 Å². The number of benzene rings is 1. The van der Waals surface area contributed by atoms with Crippen LogP contribution in [0.25, 0.3) is 0 Å². The molecular weight excluding hydrogens is 324 g/mol. The van der Waals surface area contributed by atoms with E-state index < -0.39 is 11.4 Å². The summed E-state index contributed by atoms with van der Waals surface area (Å²) in [4.78, 5) is 22.4. The standard InChI is InChI=1S/C15H19BrO4/c1-15(2,3)14(19)20-12-6-4-10(5-7-13(17)18)11(8-12)9-16/h4,6,8H,5,7,9H2,1-3H3,(H,17,18).